The summed E-state index contributed by atoms with van der Waals surface area (Å²) in [5.74, 6) is -0.0478. The second-order valence-electron chi connectivity index (χ2n) is 5.12. The van der Waals surface area contributed by atoms with Crippen molar-refractivity contribution < 1.29 is 9.59 Å². The van der Waals surface area contributed by atoms with Gasteiger partial charge in [0.1, 0.15) is 0 Å². The summed E-state index contributed by atoms with van der Waals surface area (Å²) in [4.78, 5) is 25.6. The Labute approximate surface area is 123 Å². The molecule has 0 spiro atoms. The second kappa shape index (κ2) is 5.02. The molecule has 21 heavy (non-hydrogen) atoms. The summed E-state index contributed by atoms with van der Waals surface area (Å²) in [5.41, 5.74) is 3.87. The van der Waals surface area contributed by atoms with Crippen LogP contribution in [-0.2, 0) is 4.79 Å². The molecule has 0 fully saturated rings. The maximum absolute atomic E-state index is 12.4. The van der Waals surface area contributed by atoms with E-state index in [0.29, 0.717) is 11.1 Å². The maximum atomic E-state index is 12.4. The Bertz CT molecular complexity index is 760. The highest BCUT2D eigenvalue weighted by molar-refractivity contribution is 6.35. The topological polar surface area (TPSA) is 37.4 Å². The van der Waals surface area contributed by atoms with Crippen molar-refractivity contribution in [2.24, 2.45) is 0 Å². The highest BCUT2D eigenvalue weighted by atomic mass is 16.2. The fourth-order valence-corrected chi connectivity index (χ4v) is 2.52. The van der Waals surface area contributed by atoms with Crippen LogP contribution in [0.2, 0.25) is 0 Å². The third-order valence-corrected chi connectivity index (χ3v) is 3.70. The van der Waals surface area contributed by atoms with Gasteiger partial charge in [-0.3, -0.25) is 9.59 Å². The molecule has 2 aromatic carbocycles. The summed E-state index contributed by atoms with van der Waals surface area (Å²) >= 11 is 0. The van der Waals surface area contributed by atoms with E-state index in [0.717, 1.165) is 16.8 Å². The second-order valence-corrected chi connectivity index (χ2v) is 5.12. The summed E-state index contributed by atoms with van der Waals surface area (Å²) in [6.07, 6.45) is 1.87. The van der Waals surface area contributed by atoms with Gasteiger partial charge in [0, 0.05) is 23.7 Å². The monoisotopic (exact) mass is 277 g/mol. The molecule has 0 aliphatic carbocycles. The summed E-state index contributed by atoms with van der Waals surface area (Å²) in [5, 5.41) is 0. The number of hydrogen-bond donors (Lipinski definition) is 0. The van der Waals surface area contributed by atoms with Gasteiger partial charge < -0.3 is 4.90 Å². The molecule has 3 heteroatoms. The van der Waals surface area contributed by atoms with Gasteiger partial charge in [0.25, 0.3) is 5.91 Å². The van der Waals surface area contributed by atoms with Crippen LogP contribution in [0.15, 0.2) is 48.5 Å². The van der Waals surface area contributed by atoms with Gasteiger partial charge >= 0.3 is 0 Å². The molecule has 0 aromatic heterocycles. The molecule has 0 unspecified atom stereocenters. The van der Waals surface area contributed by atoms with E-state index in [4.69, 9.17) is 0 Å². The highest BCUT2D eigenvalue weighted by Gasteiger charge is 2.30. The number of amides is 1. The standard InChI is InChI=1S/C18H15NO2/c1-12(20)14-8-9-17-15(11-14)16(18(21)19(17)2)10-13-6-4-3-5-7-13/h3-11H,1-2H3/b16-10+. The Kier molecular flexibility index (Phi) is 3.18. The van der Waals surface area contributed by atoms with Crippen molar-refractivity contribution >= 4 is 29.0 Å². The molecule has 1 aliphatic heterocycles. The number of rotatable bonds is 2. The number of carbonyl (C=O) groups is 2. The number of benzene rings is 2. The number of nitrogens with zero attached hydrogens (tertiary/aromatic N) is 1. The number of fused-ring (bicyclic) bond motifs is 1. The van der Waals surface area contributed by atoms with Gasteiger partial charge in [0.2, 0.25) is 0 Å². The fraction of sp³-hybridized carbons (Fsp3) is 0.111. The van der Waals surface area contributed by atoms with Crippen LogP contribution in [-0.4, -0.2) is 18.7 Å². The predicted octanol–water partition coefficient (Wildman–Crippen LogP) is 3.41. The average molecular weight is 277 g/mol. The normalized spacial score (nSPS) is 15.4. The summed E-state index contributed by atoms with van der Waals surface area (Å²) in [7, 11) is 1.75. The van der Waals surface area contributed by atoms with E-state index in [9.17, 15) is 9.59 Å². The predicted molar refractivity (Wildman–Crippen MR) is 84.2 cm³/mol. The first-order chi connectivity index (χ1) is 10.1. The number of anilines is 1. The van der Waals surface area contributed by atoms with E-state index in [-0.39, 0.29) is 11.7 Å². The van der Waals surface area contributed by atoms with Crippen LogP contribution in [0.25, 0.3) is 11.6 Å². The first-order valence-corrected chi connectivity index (χ1v) is 6.78. The van der Waals surface area contributed by atoms with Crippen molar-refractivity contribution in [1.29, 1.82) is 0 Å². The molecule has 1 amide bonds. The molecule has 1 aliphatic rings. The average Bonchev–Trinajstić information content (AvgIpc) is 2.73. The van der Waals surface area contributed by atoms with E-state index in [2.05, 4.69) is 0 Å². The van der Waals surface area contributed by atoms with Crippen LogP contribution < -0.4 is 4.90 Å². The SMILES string of the molecule is CC(=O)c1ccc2c(c1)/C(=C\c1ccccc1)C(=O)N2C. The van der Waals surface area contributed by atoms with E-state index >= 15 is 0 Å². The molecule has 1 heterocycles. The zero-order valence-corrected chi connectivity index (χ0v) is 12.0. The minimum atomic E-state index is -0.0467. The Hall–Kier alpha value is -2.68. The molecular formula is C18H15NO2. The molecule has 0 saturated carbocycles. The molecule has 0 atom stereocenters. The van der Waals surface area contributed by atoms with Gasteiger partial charge in [0.15, 0.2) is 5.78 Å². The van der Waals surface area contributed by atoms with Gasteiger partial charge in [-0.1, -0.05) is 30.3 Å². The lowest BCUT2D eigenvalue weighted by molar-refractivity contribution is -0.112. The molecule has 0 N–H and O–H groups in total. The third kappa shape index (κ3) is 2.27. The lowest BCUT2D eigenvalue weighted by atomic mass is 10.0. The largest absolute Gasteiger partial charge is 0.311 e. The third-order valence-electron chi connectivity index (χ3n) is 3.70. The Morgan fingerprint density at radius 1 is 1.10 bits per heavy atom. The molecule has 104 valence electrons. The smallest absolute Gasteiger partial charge is 0.258 e. The number of likely N-dealkylation sites (N-methyl/N-ethyl adjacent to an activating group) is 1. The van der Waals surface area contributed by atoms with Crippen molar-refractivity contribution in [3.05, 3.63) is 65.2 Å². The van der Waals surface area contributed by atoms with E-state index in [1.165, 1.54) is 6.92 Å². The van der Waals surface area contributed by atoms with Crippen LogP contribution >= 0.6 is 0 Å². The molecule has 3 rings (SSSR count). The lowest BCUT2D eigenvalue weighted by Crippen LogP contribution is -2.20. The summed E-state index contributed by atoms with van der Waals surface area (Å²) in [6, 6.07) is 15.1. The van der Waals surface area contributed by atoms with Crippen LogP contribution in [0.5, 0.6) is 0 Å². The van der Waals surface area contributed by atoms with E-state index in [1.807, 2.05) is 42.5 Å². The van der Waals surface area contributed by atoms with E-state index < -0.39 is 0 Å². The van der Waals surface area contributed by atoms with Gasteiger partial charge in [-0.05, 0) is 36.8 Å². The molecular weight excluding hydrogens is 262 g/mol. The zero-order valence-electron chi connectivity index (χ0n) is 12.0. The van der Waals surface area contributed by atoms with Crippen molar-refractivity contribution in [1.82, 2.24) is 0 Å². The Morgan fingerprint density at radius 3 is 2.48 bits per heavy atom. The lowest BCUT2D eigenvalue weighted by Gasteiger charge is -2.08. The van der Waals surface area contributed by atoms with Gasteiger partial charge in [0.05, 0.1) is 5.69 Å². The van der Waals surface area contributed by atoms with Crippen LogP contribution in [0, 0.1) is 0 Å². The fourth-order valence-electron chi connectivity index (χ4n) is 2.52. The summed E-state index contributed by atoms with van der Waals surface area (Å²) < 4.78 is 0. The number of carbonyl (C=O) groups excluding carboxylic acids is 2. The highest BCUT2D eigenvalue weighted by Crippen LogP contribution is 2.37. The zero-order chi connectivity index (χ0) is 15.0. The number of Topliss-reactive ketones (excluding diaryl/α,β-unsaturated/α-hetero) is 1. The van der Waals surface area contributed by atoms with Gasteiger partial charge in [-0.15, -0.1) is 0 Å². The van der Waals surface area contributed by atoms with Crippen LogP contribution in [0.3, 0.4) is 0 Å². The summed E-state index contributed by atoms with van der Waals surface area (Å²) in [6.45, 7) is 1.53. The minimum absolute atomic E-state index is 0.00105. The maximum Gasteiger partial charge on any atom is 0.258 e. The Balaban J connectivity index is 2.16. The molecule has 2 aromatic rings. The van der Waals surface area contributed by atoms with Crippen molar-refractivity contribution in [3.8, 4) is 0 Å². The van der Waals surface area contributed by atoms with Gasteiger partial charge in [-0.2, -0.15) is 0 Å². The van der Waals surface area contributed by atoms with Crippen molar-refractivity contribution in [2.45, 2.75) is 6.92 Å². The Morgan fingerprint density at radius 2 is 1.81 bits per heavy atom. The van der Waals surface area contributed by atoms with E-state index in [1.54, 1.807) is 24.1 Å². The van der Waals surface area contributed by atoms with Crippen molar-refractivity contribution in [3.63, 3.8) is 0 Å². The first-order valence-electron chi connectivity index (χ1n) is 6.78. The quantitative estimate of drug-likeness (QED) is 0.623. The number of hydrogen-bond acceptors (Lipinski definition) is 2. The molecule has 3 nitrogen and oxygen atoms in total. The van der Waals surface area contributed by atoms with Crippen LogP contribution in [0.1, 0.15) is 28.4 Å². The van der Waals surface area contributed by atoms with Crippen molar-refractivity contribution in [2.75, 3.05) is 11.9 Å². The first kappa shape index (κ1) is 13.3. The molecule has 0 radical (unpaired) electrons. The van der Waals surface area contributed by atoms with Crippen LogP contribution in [0.4, 0.5) is 5.69 Å². The number of ketones is 1. The molecule has 0 saturated heterocycles. The van der Waals surface area contributed by atoms with Gasteiger partial charge in [-0.25, -0.2) is 0 Å². The molecule has 0 bridgehead atoms. The minimum Gasteiger partial charge on any atom is -0.311 e.